The third-order valence-corrected chi connectivity index (χ3v) is 6.49. The van der Waals surface area contributed by atoms with Crippen molar-refractivity contribution in [1.29, 1.82) is 0 Å². The summed E-state index contributed by atoms with van der Waals surface area (Å²) in [6.07, 6.45) is 0. The zero-order valence-electron chi connectivity index (χ0n) is 19.6. The van der Waals surface area contributed by atoms with Gasteiger partial charge in [-0.3, -0.25) is 9.69 Å². The van der Waals surface area contributed by atoms with Gasteiger partial charge in [-0.05, 0) is 42.0 Å². The van der Waals surface area contributed by atoms with Gasteiger partial charge in [-0.25, -0.2) is 4.68 Å². The Balaban J connectivity index is 1.40. The van der Waals surface area contributed by atoms with Crippen LogP contribution in [-0.2, 0) is 6.54 Å². The lowest BCUT2D eigenvalue weighted by Crippen LogP contribution is -2.48. The van der Waals surface area contributed by atoms with Crippen molar-refractivity contribution in [3.63, 3.8) is 0 Å². The molecular formula is C28H27ClN4O2. The van der Waals surface area contributed by atoms with E-state index in [0.29, 0.717) is 29.5 Å². The topological polar surface area (TPSA) is 50.6 Å². The van der Waals surface area contributed by atoms with E-state index >= 15 is 0 Å². The summed E-state index contributed by atoms with van der Waals surface area (Å²) in [5.74, 6) is 0.702. The van der Waals surface area contributed by atoms with E-state index in [2.05, 4.69) is 29.2 Å². The van der Waals surface area contributed by atoms with Crippen LogP contribution in [0.2, 0.25) is 5.02 Å². The first-order chi connectivity index (χ1) is 17.1. The molecule has 0 bridgehead atoms. The number of benzene rings is 3. The molecule has 2 heterocycles. The van der Waals surface area contributed by atoms with Crippen molar-refractivity contribution in [3.8, 4) is 22.7 Å². The molecule has 1 aliphatic rings. The highest BCUT2D eigenvalue weighted by atomic mass is 35.5. The van der Waals surface area contributed by atoms with Gasteiger partial charge in [0.15, 0.2) is 0 Å². The monoisotopic (exact) mass is 486 g/mol. The fourth-order valence-electron chi connectivity index (χ4n) is 4.37. The van der Waals surface area contributed by atoms with Crippen LogP contribution in [0.4, 0.5) is 0 Å². The molecule has 1 amide bonds. The molecule has 0 unspecified atom stereocenters. The van der Waals surface area contributed by atoms with Gasteiger partial charge in [0.05, 0.1) is 18.5 Å². The lowest BCUT2D eigenvalue weighted by molar-refractivity contribution is 0.0619. The number of methoxy groups -OCH3 is 1. The Morgan fingerprint density at radius 1 is 0.914 bits per heavy atom. The van der Waals surface area contributed by atoms with Crippen LogP contribution < -0.4 is 4.74 Å². The fourth-order valence-corrected chi connectivity index (χ4v) is 4.56. The number of piperazine rings is 1. The van der Waals surface area contributed by atoms with Gasteiger partial charge in [-0.2, -0.15) is 5.10 Å². The van der Waals surface area contributed by atoms with Crippen LogP contribution >= 0.6 is 11.6 Å². The lowest BCUT2D eigenvalue weighted by Gasteiger charge is -2.34. The number of amides is 1. The van der Waals surface area contributed by atoms with Crippen molar-refractivity contribution in [3.05, 3.63) is 101 Å². The average molecular weight is 487 g/mol. The number of aromatic nitrogens is 2. The maximum Gasteiger partial charge on any atom is 0.272 e. The summed E-state index contributed by atoms with van der Waals surface area (Å²) >= 11 is 6.26. The summed E-state index contributed by atoms with van der Waals surface area (Å²) in [6.45, 7) is 3.88. The van der Waals surface area contributed by atoms with Crippen molar-refractivity contribution in [1.82, 2.24) is 19.6 Å². The zero-order valence-corrected chi connectivity index (χ0v) is 20.4. The Bertz CT molecular complexity index is 1310. The van der Waals surface area contributed by atoms with E-state index in [0.717, 1.165) is 36.6 Å². The second kappa shape index (κ2) is 10.3. The molecule has 3 aromatic carbocycles. The molecule has 5 rings (SSSR count). The summed E-state index contributed by atoms with van der Waals surface area (Å²) in [7, 11) is 1.63. The van der Waals surface area contributed by atoms with Gasteiger partial charge in [0, 0.05) is 43.3 Å². The molecule has 0 spiro atoms. The minimum atomic E-state index is -0.0361. The maximum atomic E-state index is 13.7. The average Bonchev–Trinajstić information content (AvgIpc) is 3.35. The first kappa shape index (κ1) is 23.1. The van der Waals surface area contributed by atoms with Crippen molar-refractivity contribution in [2.24, 2.45) is 0 Å². The van der Waals surface area contributed by atoms with Crippen LogP contribution in [0.3, 0.4) is 0 Å². The Morgan fingerprint density at radius 2 is 1.69 bits per heavy atom. The molecule has 1 saturated heterocycles. The van der Waals surface area contributed by atoms with E-state index in [-0.39, 0.29) is 5.91 Å². The first-order valence-corrected chi connectivity index (χ1v) is 12.0. The molecular weight excluding hydrogens is 460 g/mol. The highest BCUT2D eigenvalue weighted by Crippen LogP contribution is 2.27. The van der Waals surface area contributed by atoms with Gasteiger partial charge >= 0.3 is 0 Å². The molecule has 4 aromatic rings. The second-order valence-corrected chi connectivity index (χ2v) is 9.03. The van der Waals surface area contributed by atoms with Crippen LogP contribution in [0.25, 0.3) is 16.9 Å². The summed E-state index contributed by atoms with van der Waals surface area (Å²) in [5.41, 5.74) is 4.13. The molecule has 1 aliphatic heterocycles. The smallest absolute Gasteiger partial charge is 0.272 e. The van der Waals surface area contributed by atoms with Gasteiger partial charge in [0.25, 0.3) is 5.91 Å². The molecule has 1 aromatic heterocycles. The molecule has 35 heavy (non-hydrogen) atoms. The van der Waals surface area contributed by atoms with Gasteiger partial charge < -0.3 is 9.64 Å². The van der Waals surface area contributed by atoms with Crippen LogP contribution in [0.1, 0.15) is 16.1 Å². The first-order valence-electron chi connectivity index (χ1n) is 11.7. The number of nitrogens with zero attached hydrogens (tertiary/aromatic N) is 4. The number of ether oxygens (including phenoxy) is 1. The maximum absolute atomic E-state index is 13.7. The number of halogens is 1. The molecule has 7 heteroatoms. The molecule has 1 fully saturated rings. The number of carbonyl (C=O) groups is 1. The fraction of sp³-hybridized carbons (Fsp3) is 0.214. The second-order valence-electron chi connectivity index (χ2n) is 8.59. The predicted octanol–water partition coefficient (Wildman–Crippen LogP) is 5.16. The van der Waals surface area contributed by atoms with Crippen molar-refractivity contribution in [2.75, 3.05) is 33.3 Å². The standard InChI is InChI=1S/C28H27ClN4O2/c1-35-25-12-5-9-22(17-25)26-19-27(33(30-26)24-11-6-10-23(29)18-24)28(34)32-15-13-31(14-16-32)20-21-7-3-2-4-8-21/h2-12,17-19H,13-16,20H2,1H3. The number of hydrogen-bond donors (Lipinski definition) is 0. The van der Waals surface area contributed by atoms with E-state index in [1.807, 2.05) is 65.6 Å². The number of carbonyl (C=O) groups excluding carboxylic acids is 1. The van der Waals surface area contributed by atoms with Crippen LogP contribution in [0.15, 0.2) is 84.9 Å². The Morgan fingerprint density at radius 3 is 2.43 bits per heavy atom. The minimum absolute atomic E-state index is 0.0361. The van der Waals surface area contributed by atoms with Crippen molar-refractivity contribution in [2.45, 2.75) is 6.54 Å². The summed E-state index contributed by atoms with van der Waals surface area (Å²) in [4.78, 5) is 18.0. The third-order valence-electron chi connectivity index (χ3n) is 6.26. The highest BCUT2D eigenvalue weighted by molar-refractivity contribution is 6.30. The molecule has 0 atom stereocenters. The number of hydrogen-bond acceptors (Lipinski definition) is 4. The number of rotatable bonds is 6. The van der Waals surface area contributed by atoms with Gasteiger partial charge in [0.1, 0.15) is 11.4 Å². The van der Waals surface area contributed by atoms with Crippen LogP contribution in [0, 0.1) is 0 Å². The van der Waals surface area contributed by atoms with Gasteiger partial charge in [-0.1, -0.05) is 60.1 Å². The molecule has 0 N–H and O–H groups in total. The predicted molar refractivity (Wildman–Crippen MR) is 138 cm³/mol. The van der Waals surface area contributed by atoms with E-state index in [4.69, 9.17) is 21.4 Å². The van der Waals surface area contributed by atoms with Gasteiger partial charge in [-0.15, -0.1) is 0 Å². The van der Waals surface area contributed by atoms with Crippen LogP contribution in [-0.4, -0.2) is 58.8 Å². The SMILES string of the molecule is COc1cccc(-c2cc(C(=O)N3CCN(Cc4ccccc4)CC3)n(-c3cccc(Cl)c3)n2)c1. The molecule has 178 valence electrons. The molecule has 0 saturated carbocycles. The van der Waals surface area contributed by atoms with Crippen molar-refractivity contribution < 1.29 is 9.53 Å². The van der Waals surface area contributed by atoms with Gasteiger partial charge in [0.2, 0.25) is 0 Å². The Hall–Kier alpha value is -3.61. The molecule has 0 radical (unpaired) electrons. The highest BCUT2D eigenvalue weighted by Gasteiger charge is 2.26. The third kappa shape index (κ3) is 5.24. The normalized spacial score (nSPS) is 14.2. The van der Waals surface area contributed by atoms with E-state index in [1.165, 1.54) is 5.56 Å². The van der Waals surface area contributed by atoms with E-state index < -0.39 is 0 Å². The lowest BCUT2D eigenvalue weighted by atomic mass is 10.1. The summed E-state index contributed by atoms with van der Waals surface area (Å²) in [6, 6.07) is 27.4. The largest absolute Gasteiger partial charge is 0.497 e. The summed E-state index contributed by atoms with van der Waals surface area (Å²) < 4.78 is 7.07. The Labute approximate surface area is 210 Å². The molecule has 6 nitrogen and oxygen atoms in total. The van der Waals surface area contributed by atoms with E-state index in [9.17, 15) is 4.79 Å². The zero-order chi connectivity index (χ0) is 24.2. The van der Waals surface area contributed by atoms with Crippen LogP contribution in [0.5, 0.6) is 5.75 Å². The summed E-state index contributed by atoms with van der Waals surface area (Å²) in [5, 5.41) is 5.39. The van der Waals surface area contributed by atoms with E-state index in [1.54, 1.807) is 11.8 Å². The Kier molecular flexibility index (Phi) is 6.84. The quantitative estimate of drug-likeness (QED) is 0.378. The minimum Gasteiger partial charge on any atom is -0.497 e. The van der Waals surface area contributed by atoms with Crippen molar-refractivity contribution >= 4 is 17.5 Å². The molecule has 0 aliphatic carbocycles.